The Morgan fingerprint density at radius 3 is 2.60 bits per heavy atom. The minimum atomic E-state index is -0.495. The van der Waals surface area contributed by atoms with Gasteiger partial charge in [-0.05, 0) is 49.5 Å². The zero-order valence-corrected chi connectivity index (χ0v) is 17.5. The number of rotatable bonds is 3. The Morgan fingerprint density at radius 2 is 2.04 bits per heavy atom. The summed E-state index contributed by atoms with van der Waals surface area (Å²) in [5, 5.41) is 11.1. The average Bonchev–Trinajstić information content (AvgIpc) is 2.55. The van der Waals surface area contributed by atoms with Crippen molar-refractivity contribution in [1.29, 1.82) is 0 Å². The van der Waals surface area contributed by atoms with Crippen LogP contribution < -0.4 is 15.0 Å². The number of ether oxygens (including phenoxy) is 2. The number of nitrogens with one attached hydrogen (secondary N) is 1. The molecule has 1 fully saturated rings. The van der Waals surface area contributed by atoms with Gasteiger partial charge in [0.2, 0.25) is 5.88 Å². The molecule has 1 aliphatic rings. The second-order valence-corrected chi connectivity index (χ2v) is 7.35. The molecule has 1 unspecified atom stereocenters. The predicted molar refractivity (Wildman–Crippen MR) is 102 cm³/mol. The number of carbonyl (C=O) groups excluding carboxylic acids is 1. The van der Waals surface area contributed by atoms with Gasteiger partial charge in [0.15, 0.2) is 5.82 Å². The molecule has 2 heterocycles. The number of anilines is 1. The molecular weight excluding hydrogens is 388 g/mol. The van der Waals surface area contributed by atoms with Crippen LogP contribution in [0.5, 0.6) is 5.88 Å². The number of halogens is 1. The molecule has 1 atom stereocenters. The summed E-state index contributed by atoms with van der Waals surface area (Å²) in [5.41, 5.74) is -0.495. The second kappa shape index (κ2) is 9.79. The van der Waals surface area contributed by atoms with Gasteiger partial charge >= 0.3 is 6.09 Å². The third kappa shape index (κ3) is 7.05. The van der Waals surface area contributed by atoms with Crippen molar-refractivity contribution in [2.45, 2.75) is 59.1 Å². The minimum absolute atomic E-state index is 0.0290. The molecule has 0 spiro atoms. The van der Waals surface area contributed by atoms with Crippen molar-refractivity contribution in [3.05, 3.63) is 10.5 Å². The Bertz CT molecular complexity index is 563. The number of nitrogens with zero attached hydrogens (tertiary/aromatic N) is 3. The monoisotopic (exact) mass is 416 g/mol. The predicted octanol–water partition coefficient (Wildman–Crippen LogP) is 3.77. The van der Waals surface area contributed by atoms with E-state index in [1.54, 1.807) is 7.11 Å². The fourth-order valence-electron chi connectivity index (χ4n) is 2.42. The van der Waals surface area contributed by atoms with E-state index in [1.165, 1.54) is 0 Å². The number of hydrogen-bond acceptors (Lipinski definition) is 6. The molecule has 142 valence electrons. The lowest BCUT2D eigenvalue weighted by Crippen LogP contribution is -2.49. The van der Waals surface area contributed by atoms with Crippen molar-refractivity contribution in [2.24, 2.45) is 0 Å². The van der Waals surface area contributed by atoms with E-state index in [-0.39, 0.29) is 12.1 Å². The number of amides is 1. The second-order valence-electron chi connectivity index (χ2n) is 6.49. The van der Waals surface area contributed by atoms with Gasteiger partial charge in [0.05, 0.1) is 11.6 Å². The topological polar surface area (TPSA) is 76.6 Å². The van der Waals surface area contributed by atoms with Gasteiger partial charge in [-0.3, -0.25) is 0 Å². The molecule has 1 aromatic heterocycles. The molecule has 2 rings (SSSR count). The lowest BCUT2D eigenvalue weighted by Gasteiger charge is -2.34. The van der Waals surface area contributed by atoms with Gasteiger partial charge in [0, 0.05) is 25.2 Å². The van der Waals surface area contributed by atoms with Crippen molar-refractivity contribution < 1.29 is 14.3 Å². The van der Waals surface area contributed by atoms with E-state index >= 15 is 0 Å². The summed E-state index contributed by atoms with van der Waals surface area (Å²) < 4.78 is 11.2. The lowest BCUT2D eigenvalue weighted by atomic mass is 10.1. The Balaban J connectivity index is 0.00000151. The summed E-state index contributed by atoms with van der Waals surface area (Å²) in [6.07, 6.45) is 1.50. The SMILES string of the molecule is CC.COc1nnc(N2CCCC(NC(=O)OC(C)(C)C)C2)cc1Br. The normalized spacial score (nSPS) is 17.2. The van der Waals surface area contributed by atoms with E-state index in [0.717, 1.165) is 29.7 Å². The molecule has 7 nitrogen and oxygen atoms in total. The molecule has 0 bridgehead atoms. The highest BCUT2D eigenvalue weighted by Gasteiger charge is 2.25. The maximum absolute atomic E-state index is 11.9. The van der Waals surface area contributed by atoms with Gasteiger partial charge in [0.1, 0.15) is 5.60 Å². The summed E-state index contributed by atoms with van der Waals surface area (Å²) in [6, 6.07) is 1.91. The van der Waals surface area contributed by atoms with Crippen LogP contribution in [-0.2, 0) is 4.74 Å². The molecule has 0 radical (unpaired) electrons. The molecule has 1 amide bonds. The molecule has 1 aromatic rings. The first kappa shape index (κ1) is 21.5. The van der Waals surface area contributed by atoms with Crippen molar-refractivity contribution in [2.75, 3.05) is 25.1 Å². The largest absolute Gasteiger partial charge is 0.479 e. The first-order valence-corrected chi connectivity index (χ1v) is 9.39. The summed E-state index contributed by atoms with van der Waals surface area (Å²) >= 11 is 3.42. The Labute approximate surface area is 158 Å². The van der Waals surface area contributed by atoms with E-state index in [0.29, 0.717) is 12.4 Å². The zero-order chi connectivity index (χ0) is 19.0. The third-order valence-electron chi connectivity index (χ3n) is 3.36. The third-order valence-corrected chi connectivity index (χ3v) is 3.93. The van der Waals surface area contributed by atoms with Crippen molar-refractivity contribution in [3.8, 4) is 5.88 Å². The summed E-state index contributed by atoms with van der Waals surface area (Å²) in [6.45, 7) is 11.1. The van der Waals surface area contributed by atoms with E-state index in [2.05, 4.69) is 36.3 Å². The molecule has 1 saturated heterocycles. The summed E-state index contributed by atoms with van der Waals surface area (Å²) in [4.78, 5) is 14.0. The molecule has 1 N–H and O–H groups in total. The minimum Gasteiger partial charge on any atom is -0.479 e. The maximum Gasteiger partial charge on any atom is 0.407 e. The van der Waals surface area contributed by atoms with Crippen LogP contribution in [0.1, 0.15) is 47.5 Å². The van der Waals surface area contributed by atoms with Gasteiger partial charge in [-0.15, -0.1) is 10.2 Å². The van der Waals surface area contributed by atoms with Crippen LogP contribution in [0.15, 0.2) is 10.5 Å². The van der Waals surface area contributed by atoms with Gasteiger partial charge in [0.25, 0.3) is 0 Å². The molecule has 0 aliphatic carbocycles. The highest BCUT2D eigenvalue weighted by Crippen LogP contribution is 2.26. The van der Waals surface area contributed by atoms with Crippen LogP contribution in [0.2, 0.25) is 0 Å². The van der Waals surface area contributed by atoms with Gasteiger partial charge < -0.3 is 19.7 Å². The molecule has 1 aliphatic heterocycles. The molecule has 25 heavy (non-hydrogen) atoms. The first-order valence-electron chi connectivity index (χ1n) is 8.60. The fourth-order valence-corrected chi connectivity index (χ4v) is 2.86. The Morgan fingerprint density at radius 1 is 1.36 bits per heavy atom. The highest BCUT2D eigenvalue weighted by molar-refractivity contribution is 9.10. The summed E-state index contributed by atoms with van der Waals surface area (Å²) in [5.74, 6) is 1.21. The van der Waals surface area contributed by atoms with Crippen molar-refractivity contribution >= 4 is 27.8 Å². The summed E-state index contributed by atoms with van der Waals surface area (Å²) in [7, 11) is 1.55. The highest BCUT2D eigenvalue weighted by atomic mass is 79.9. The van der Waals surface area contributed by atoms with Crippen molar-refractivity contribution in [3.63, 3.8) is 0 Å². The van der Waals surface area contributed by atoms with Crippen molar-refractivity contribution in [1.82, 2.24) is 15.5 Å². The Hall–Kier alpha value is -1.57. The average molecular weight is 417 g/mol. The maximum atomic E-state index is 11.9. The first-order chi connectivity index (χ1) is 11.8. The molecule has 8 heteroatoms. The number of carbonyl (C=O) groups is 1. The van der Waals surface area contributed by atoms with Gasteiger partial charge in [-0.25, -0.2) is 4.79 Å². The van der Waals surface area contributed by atoms with Gasteiger partial charge in [-0.1, -0.05) is 13.8 Å². The van der Waals surface area contributed by atoms with Crippen LogP contribution in [0.3, 0.4) is 0 Å². The number of hydrogen-bond donors (Lipinski definition) is 1. The molecule has 0 aromatic carbocycles. The van der Waals surface area contributed by atoms with E-state index < -0.39 is 5.60 Å². The fraction of sp³-hybridized carbons (Fsp3) is 0.706. The number of aromatic nitrogens is 2. The standard InChI is InChI=1S/C15H23BrN4O3.C2H6/c1-15(2,3)23-14(21)17-10-6-5-7-20(9-10)12-8-11(16)13(22-4)19-18-12;1-2/h8,10H,5-7,9H2,1-4H3,(H,17,21);1-2H3. The van der Waals surface area contributed by atoms with Gasteiger partial charge in [-0.2, -0.15) is 0 Å². The van der Waals surface area contributed by atoms with Crippen LogP contribution in [0.4, 0.5) is 10.6 Å². The van der Waals surface area contributed by atoms with E-state index in [4.69, 9.17) is 9.47 Å². The zero-order valence-electron chi connectivity index (χ0n) is 15.9. The van der Waals surface area contributed by atoms with E-state index in [1.807, 2.05) is 40.7 Å². The van der Waals surface area contributed by atoms with Crippen LogP contribution in [0, 0.1) is 0 Å². The van der Waals surface area contributed by atoms with Crippen LogP contribution >= 0.6 is 15.9 Å². The van der Waals surface area contributed by atoms with Crippen LogP contribution in [-0.4, -0.2) is 48.1 Å². The van der Waals surface area contributed by atoms with E-state index in [9.17, 15) is 4.79 Å². The quantitative estimate of drug-likeness (QED) is 0.807. The Kier molecular flexibility index (Phi) is 8.41. The van der Waals surface area contributed by atoms with Crippen LogP contribution in [0.25, 0.3) is 0 Å². The number of piperidine rings is 1. The molecule has 0 saturated carbocycles. The molecular formula is C17H29BrN4O3. The number of methoxy groups -OCH3 is 1. The lowest BCUT2D eigenvalue weighted by molar-refractivity contribution is 0.0500. The smallest absolute Gasteiger partial charge is 0.407 e. The number of alkyl carbamates (subject to hydrolysis) is 1.